The van der Waals surface area contributed by atoms with E-state index in [1.54, 1.807) is 6.20 Å². The molecular formula is C17H19N5O. The van der Waals surface area contributed by atoms with Crippen molar-refractivity contribution in [2.75, 3.05) is 18.0 Å². The number of hydrogen-bond donors (Lipinski definition) is 1. The van der Waals surface area contributed by atoms with Crippen molar-refractivity contribution in [3.63, 3.8) is 0 Å². The fourth-order valence-electron chi connectivity index (χ4n) is 3.52. The molecule has 2 aromatic heterocycles. The lowest BCUT2D eigenvalue weighted by molar-refractivity contribution is -0.119. The number of aromatic nitrogens is 3. The number of pyridine rings is 1. The molecule has 2 aromatic rings. The minimum absolute atomic E-state index is 0.163. The molecule has 23 heavy (non-hydrogen) atoms. The highest BCUT2D eigenvalue weighted by Gasteiger charge is 2.40. The average Bonchev–Trinajstić information content (AvgIpc) is 3.04. The first kappa shape index (κ1) is 14.1. The Labute approximate surface area is 135 Å². The van der Waals surface area contributed by atoms with Gasteiger partial charge in [-0.25, -0.2) is 9.97 Å². The second kappa shape index (κ2) is 5.30. The Bertz CT molecular complexity index is 759. The summed E-state index contributed by atoms with van der Waals surface area (Å²) in [6.45, 7) is 5.60. The van der Waals surface area contributed by atoms with E-state index < -0.39 is 0 Å². The molecule has 2 aliphatic heterocycles. The highest BCUT2D eigenvalue weighted by molar-refractivity contribution is 5.79. The van der Waals surface area contributed by atoms with Crippen molar-refractivity contribution >= 4 is 11.9 Å². The molecule has 6 nitrogen and oxygen atoms in total. The third-order valence-electron chi connectivity index (χ3n) is 4.66. The Balaban J connectivity index is 1.61. The van der Waals surface area contributed by atoms with Gasteiger partial charge in [0.2, 0.25) is 11.9 Å². The van der Waals surface area contributed by atoms with E-state index in [9.17, 15) is 4.79 Å². The topological polar surface area (TPSA) is 71.0 Å². The summed E-state index contributed by atoms with van der Waals surface area (Å²) in [5.74, 6) is 1.26. The molecule has 1 amide bonds. The molecular weight excluding hydrogens is 290 g/mol. The summed E-state index contributed by atoms with van der Waals surface area (Å²) in [6, 6.07) is 6.21. The number of nitrogens with zero attached hydrogens (tertiary/aromatic N) is 4. The third-order valence-corrected chi connectivity index (χ3v) is 4.66. The monoisotopic (exact) mass is 309 g/mol. The van der Waals surface area contributed by atoms with Gasteiger partial charge < -0.3 is 10.2 Å². The van der Waals surface area contributed by atoms with Crippen LogP contribution in [0.2, 0.25) is 0 Å². The molecule has 118 valence electrons. The van der Waals surface area contributed by atoms with Crippen molar-refractivity contribution < 1.29 is 4.79 Å². The van der Waals surface area contributed by atoms with Gasteiger partial charge in [-0.05, 0) is 32.0 Å². The molecule has 0 aromatic carbocycles. The summed E-state index contributed by atoms with van der Waals surface area (Å²) >= 11 is 0. The summed E-state index contributed by atoms with van der Waals surface area (Å²) < 4.78 is 0. The van der Waals surface area contributed by atoms with Gasteiger partial charge in [-0.2, -0.15) is 0 Å². The zero-order chi connectivity index (χ0) is 16.0. The van der Waals surface area contributed by atoms with Gasteiger partial charge in [-0.15, -0.1) is 0 Å². The first-order valence-electron chi connectivity index (χ1n) is 7.92. The van der Waals surface area contributed by atoms with Crippen LogP contribution in [0.3, 0.4) is 0 Å². The predicted molar refractivity (Wildman–Crippen MR) is 87.0 cm³/mol. The van der Waals surface area contributed by atoms with E-state index in [0.29, 0.717) is 12.3 Å². The van der Waals surface area contributed by atoms with E-state index in [0.717, 1.165) is 41.7 Å². The van der Waals surface area contributed by atoms with Crippen molar-refractivity contribution in [3.05, 3.63) is 35.8 Å². The Morgan fingerprint density at radius 2 is 2.04 bits per heavy atom. The summed E-state index contributed by atoms with van der Waals surface area (Å²) in [5.41, 5.74) is 3.90. The van der Waals surface area contributed by atoms with Gasteiger partial charge in [0.05, 0.1) is 11.7 Å². The van der Waals surface area contributed by atoms with Crippen LogP contribution >= 0.6 is 0 Å². The summed E-state index contributed by atoms with van der Waals surface area (Å²) in [5, 5.41) is 3.03. The van der Waals surface area contributed by atoms with Gasteiger partial charge in [0, 0.05) is 48.6 Å². The number of aryl methyl sites for hydroxylation is 2. The van der Waals surface area contributed by atoms with Crippen molar-refractivity contribution in [2.24, 2.45) is 5.92 Å². The van der Waals surface area contributed by atoms with Crippen molar-refractivity contribution in [1.82, 2.24) is 20.3 Å². The van der Waals surface area contributed by atoms with Crippen molar-refractivity contribution in [2.45, 2.75) is 26.3 Å². The Morgan fingerprint density at radius 1 is 1.17 bits per heavy atom. The molecule has 2 fully saturated rings. The summed E-state index contributed by atoms with van der Waals surface area (Å²) in [6.07, 6.45) is 2.41. The largest absolute Gasteiger partial charge is 0.351 e. The smallest absolute Gasteiger partial charge is 0.225 e. The second-order valence-electron chi connectivity index (χ2n) is 6.37. The van der Waals surface area contributed by atoms with E-state index in [1.807, 2.05) is 26.0 Å². The lowest BCUT2D eigenvalue weighted by atomic mass is 10.1. The van der Waals surface area contributed by atoms with Crippen LogP contribution in [0.1, 0.15) is 17.8 Å². The van der Waals surface area contributed by atoms with Crippen molar-refractivity contribution in [3.8, 4) is 11.3 Å². The highest BCUT2D eigenvalue weighted by Crippen LogP contribution is 2.29. The van der Waals surface area contributed by atoms with Crippen LogP contribution in [0.5, 0.6) is 0 Å². The molecule has 4 heterocycles. The maximum atomic E-state index is 11.4. The normalized spacial score (nSPS) is 23.0. The molecule has 6 heteroatoms. The molecule has 1 N–H and O–H groups in total. The lowest BCUT2D eigenvalue weighted by Gasteiger charge is -2.17. The maximum Gasteiger partial charge on any atom is 0.225 e. The standard InChI is InChI=1S/C17H19N5O/c1-10-3-4-13(11(2)19-10)14-5-6-18-17(21-14)22-8-12-7-16(23)20-15(12)9-22/h3-6,12,15H,7-9H2,1-2H3,(H,20,23)/t12-,15+/m0/s1. The number of nitrogens with one attached hydrogen (secondary N) is 1. The molecule has 0 bridgehead atoms. The van der Waals surface area contributed by atoms with Crippen LogP contribution in [0.15, 0.2) is 24.4 Å². The van der Waals surface area contributed by atoms with E-state index in [-0.39, 0.29) is 11.9 Å². The molecule has 4 rings (SSSR count). The lowest BCUT2D eigenvalue weighted by Crippen LogP contribution is -2.33. The van der Waals surface area contributed by atoms with Gasteiger partial charge in [-0.1, -0.05) is 0 Å². The molecule has 0 aliphatic carbocycles. The number of hydrogen-bond acceptors (Lipinski definition) is 5. The molecule has 0 saturated carbocycles. The fraction of sp³-hybridized carbons (Fsp3) is 0.412. The number of carbonyl (C=O) groups excluding carboxylic acids is 1. The zero-order valence-corrected chi connectivity index (χ0v) is 13.3. The van der Waals surface area contributed by atoms with Crippen molar-refractivity contribution in [1.29, 1.82) is 0 Å². The minimum atomic E-state index is 0.163. The minimum Gasteiger partial charge on any atom is -0.351 e. The van der Waals surface area contributed by atoms with Crippen LogP contribution in [0.4, 0.5) is 5.95 Å². The number of anilines is 1. The molecule has 0 radical (unpaired) electrons. The number of fused-ring (bicyclic) bond motifs is 1. The van der Waals surface area contributed by atoms with Crippen LogP contribution in [-0.2, 0) is 4.79 Å². The van der Waals surface area contributed by atoms with Gasteiger partial charge in [-0.3, -0.25) is 9.78 Å². The van der Waals surface area contributed by atoms with Crippen LogP contribution in [0, 0.1) is 19.8 Å². The van der Waals surface area contributed by atoms with E-state index in [2.05, 4.69) is 26.3 Å². The molecule has 2 aliphatic rings. The Morgan fingerprint density at radius 3 is 2.83 bits per heavy atom. The summed E-state index contributed by atoms with van der Waals surface area (Å²) in [7, 11) is 0. The van der Waals surface area contributed by atoms with Crippen LogP contribution < -0.4 is 10.2 Å². The third kappa shape index (κ3) is 2.54. The Hall–Kier alpha value is -2.50. The predicted octanol–water partition coefficient (Wildman–Crippen LogP) is 1.48. The molecule has 2 atom stereocenters. The van der Waals surface area contributed by atoms with Gasteiger partial charge in [0.1, 0.15) is 0 Å². The average molecular weight is 309 g/mol. The van der Waals surface area contributed by atoms with Crippen LogP contribution in [-0.4, -0.2) is 40.0 Å². The zero-order valence-electron chi connectivity index (χ0n) is 13.3. The second-order valence-corrected chi connectivity index (χ2v) is 6.37. The highest BCUT2D eigenvalue weighted by atomic mass is 16.2. The van der Waals surface area contributed by atoms with E-state index in [1.165, 1.54) is 0 Å². The van der Waals surface area contributed by atoms with Gasteiger partial charge in [0.15, 0.2) is 0 Å². The number of carbonyl (C=O) groups is 1. The summed E-state index contributed by atoms with van der Waals surface area (Å²) in [4.78, 5) is 27.3. The SMILES string of the molecule is Cc1ccc(-c2ccnc(N3C[C@@H]4CC(=O)N[C@@H]4C3)n2)c(C)n1. The molecule has 2 saturated heterocycles. The van der Waals surface area contributed by atoms with E-state index in [4.69, 9.17) is 4.98 Å². The maximum absolute atomic E-state index is 11.4. The van der Waals surface area contributed by atoms with Gasteiger partial charge in [0.25, 0.3) is 0 Å². The van der Waals surface area contributed by atoms with E-state index >= 15 is 0 Å². The number of rotatable bonds is 2. The number of amides is 1. The quantitative estimate of drug-likeness (QED) is 0.910. The van der Waals surface area contributed by atoms with Crippen LogP contribution in [0.25, 0.3) is 11.3 Å². The Kier molecular flexibility index (Phi) is 3.25. The first-order valence-corrected chi connectivity index (χ1v) is 7.92. The molecule has 0 spiro atoms. The van der Waals surface area contributed by atoms with Gasteiger partial charge >= 0.3 is 0 Å². The fourth-order valence-corrected chi connectivity index (χ4v) is 3.52. The first-order chi connectivity index (χ1) is 11.1. The molecule has 0 unspecified atom stereocenters.